The van der Waals surface area contributed by atoms with Gasteiger partial charge in [0.25, 0.3) is 0 Å². The zero-order valence-electron chi connectivity index (χ0n) is 11.1. The van der Waals surface area contributed by atoms with Gasteiger partial charge in [0, 0.05) is 5.02 Å². The maximum atomic E-state index is 6.32. The molecule has 0 N–H and O–H groups in total. The number of para-hydroxylation sites is 2. The Balaban J connectivity index is 2.21. The van der Waals surface area contributed by atoms with E-state index >= 15 is 0 Å². The van der Waals surface area contributed by atoms with Crippen molar-refractivity contribution in [3.63, 3.8) is 0 Å². The van der Waals surface area contributed by atoms with Crippen molar-refractivity contribution in [1.29, 1.82) is 0 Å². The summed E-state index contributed by atoms with van der Waals surface area (Å²) in [5, 5.41) is 0.762. The van der Waals surface area contributed by atoms with E-state index in [-0.39, 0.29) is 6.04 Å². The summed E-state index contributed by atoms with van der Waals surface area (Å²) in [7, 11) is 0. The van der Waals surface area contributed by atoms with E-state index in [9.17, 15) is 0 Å². The molecule has 102 valence electrons. The summed E-state index contributed by atoms with van der Waals surface area (Å²) in [5.74, 6) is 1.24. The number of benzene rings is 2. The summed E-state index contributed by atoms with van der Waals surface area (Å²) in [5.41, 5.74) is 3.11. The Morgan fingerprint density at radius 1 is 1.10 bits per heavy atom. The number of halogens is 2. The fraction of sp³-hybridized carbons (Fsp3) is 0.188. The number of imidazole rings is 1. The molecule has 0 aliphatic rings. The van der Waals surface area contributed by atoms with Crippen molar-refractivity contribution >= 4 is 34.2 Å². The molecule has 1 aromatic heterocycles. The van der Waals surface area contributed by atoms with Gasteiger partial charge in [-0.05, 0) is 30.7 Å². The SMILES string of the molecule is CC(c1ccccc1Cl)n1c(CCl)nc2ccccc21. The first kappa shape index (κ1) is 13.5. The summed E-state index contributed by atoms with van der Waals surface area (Å²) >= 11 is 12.4. The number of fused-ring (bicyclic) bond motifs is 1. The zero-order valence-corrected chi connectivity index (χ0v) is 12.6. The van der Waals surface area contributed by atoms with Gasteiger partial charge < -0.3 is 4.57 Å². The summed E-state index contributed by atoms with van der Waals surface area (Å²) < 4.78 is 2.16. The van der Waals surface area contributed by atoms with E-state index in [0.717, 1.165) is 27.4 Å². The molecule has 0 amide bonds. The van der Waals surface area contributed by atoms with Crippen molar-refractivity contribution in [2.75, 3.05) is 0 Å². The number of hydrogen-bond donors (Lipinski definition) is 0. The molecule has 2 nitrogen and oxygen atoms in total. The number of hydrogen-bond acceptors (Lipinski definition) is 1. The standard InChI is InChI=1S/C16H14Cl2N2/c1-11(12-6-2-3-7-13(12)18)20-15-9-5-4-8-14(15)19-16(20)10-17/h2-9,11H,10H2,1H3. The Hall–Kier alpha value is -1.51. The minimum absolute atomic E-state index is 0.0878. The highest BCUT2D eigenvalue weighted by Crippen LogP contribution is 2.30. The second-order valence-corrected chi connectivity index (χ2v) is 5.39. The van der Waals surface area contributed by atoms with Crippen LogP contribution in [0.4, 0.5) is 0 Å². The van der Waals surface area contributed by atoms with Gasteiger partial charge >= 0.3 is 0 Å². The normalized spacial score (nSPS) is 12.8. The lowest BCUT2D eigenvalue weighted by Crippen LogP contribution is -2.10. The second kappa shape index (κ2) is 5.47. The van der Waals surface area contributed by atoms with Gasteiger partial charge in [0.1, 0.15) is 5.82 Å². The van der Waals surface area contributed by atoms with Gasteiger partial charge in [-0.1, -0.05) is 41.9 Å². The number of rotatable bonds is 3. The second-order valence-electron chi connectivity index (χ2n) is 4.72. The van der Waals surface area contributed by atoms with E-state index < -0.39 is 0 Å². The van der Waals surface area contributed by atoms with Crippen LogP contribution < -0.4 is 0 Å². The molecular weight excluding hydrogens is 291 g/mol. The molecule has 0 aliphatic heterocycles. The van der Waals surface area contributed by atoms with Crippen LogP contribution in [-0.2, 0) is 5.88 Å². The van der Waals surface area contributed by atoms with Crippen LogP contribution >= 0.6 is 23.2 Å². The first-order valence-corrected chi connectivity index (χ1v) is 7.40. The number of nitrogens with zero attached hydrogens (tertiary/aromatic N) is 2. The third kappa shape index (κ3) is 2.19. The molecule has 0 aliphatic carbocycles. The topological polar surface area (TPSA) is 17.8 Å². The van der Waals surface area contributed by atoms with Crippen LogP contribution in [0.2, 0.25) is 5.02 Å². The van der Waals surface area contributed by atoms with E-state index in [1.165, 1.54) is 0 Å². The molecule has 2 aromatic carbocycles. The summed E-state index contributed by atoms with van der Waals surface area (Å²) in [6, 6.07) is 16.0. The third-order valence-corrected chi connectivity index (χ3v) is 4.11. The van der Waals surface area contributed by atoms with E-state index in [1.807, 2.05) is 42.5 Å². The maximum absolute atomic E-state index is 6.32. The molecule has 20 heavy (non-hydrogen) atoms. The first-order chi connectivity index (χ1) is 9.72. The molecule has 4 heteroatoms. The fourth-order valence-electron chi connectivity index (χ4n) is 2.57. The van der Waals surface area contributed by atoms with Crippen molar-refractivity contribution in [3.05, 3.63) is 64.9 Å². The molecule has 0 bridgehead atoms. The number of alkyl halides is 1. The predicted octanol–water partition coefficient (Wildman–Crippen LogP) is 5.04. The highest BCUT2D eigenvalue weighted by molar-refractivity contribution is 6.31. The van der Waals surface area contributed by atoms with E-state index in [2.05, 4.69) is 22.5 Å². The minimum Gasteiger partial charge on any atom is -0.320 e. The molecule has 1 unspecified atom stereocenters. The Kier molecular flexibility index (Phi) is 3.68. The highest BCUT2D eigenvalue weighted by Gasteiger charge is 2.18. The Labute approximate surface area is 128 Å². The van der Waals surface area contributed by atoms with Crippen LogP contribution in [0.1, 0.15) is 24.4 Å². The van der Waals surface area contributed by atoms with E-state index in [1.54, 1.807) is 0 Å². The molecule has 1 heterocycles. The largest absolute Gasteiger partial charge is 0.320 e. The molecule has 3 aromatic rings. The maximum Gasteiger partial charge on any atom is 0.125 e. The summed E-state index contributed by atoms with van der Waals surface area (Å²) in [4.78, 5) is 4.60. The van der Waals surface area contributed by atoms with Crippen LogP contribution in [0.15, 0.2) is 48.5 Å². The van der Waals surface area contributed by atoms with Crippen LogP contribution in [0.5, 0.6) is 0 Å². The minimum atomic E-state index is 0.0878. The highest BCUT2D eigenvalue weighted by atomic mass is 35.5. The fourth-order valence-corrected chi connectivity index (χ4v) is 3.06. The van der Waals surface area contributed by atoms with Crippen LogP contribution in [0.25, 0.3) is 11.0 Å². The van der Waals surface area contributed by atoms with Gasteiger partial charge in [0.05, 0.1) is 23.0 Å². The molecule has 0 spiro atoms. The average Bonchev–Trinajstić information content (AvgIpc) is 2.85. The van der Waals surface area contributed by atoms with E-state index in [4.69, 9.17) is 23.2 Å². The number of aromatic nitrogens is 2. The van der Waals surface area contributed by atoms with Crippen molar-refractivity contribution in [2.45, 2.75) is 18.8 Å². The van der Waals surface area contributed by atoms with Gasteiger partial charge in [-0.2, -0.15) is 0 Å². The predicted molar refractivity (Wildman–Crippen MR) is 84.6 cm³/mol. The average molecular weight is 305 g/mol. The van der Waals surface area contributed by atoms with Gasteiger partial charge in [-0.25, -0.2) is 4.98 Å². The molecule has 0 fully saturated rings. The molecule has 3 rings (SSSR count). The zero-order chi connectivity index (χ0) is 14.1. The van der Waals surface area contributed by atoms with Crippen molar-refractivity contribution in [2.24, 2.45) is 0 Å². The molecular formula is C16H14Cl2N2. The van der Waals surface area contributed by atoms with Gasteiger partial charge in [-0.3, -0.25) is 0 Å². The lowest BCUT2D eigenvalue weighted by Gasteiger charge is -2.18. The van der Waals surface area contributed by atoms with Gasteiger partial charge in [0.2, 0.25) is 0 Å². The Bertz CT molecular complexity index is 749. The molecule has 0 saturated heterocycles. The summed E-state index contributed by atoms with van der Waals surface area (Å²) in [6.07, 6.45) is 0. The monoisotopic (exact) mass is 304 g/mol. The lowest BCUT2D eigenvalue weighted by molar-refractivity contribution is 0.634. The lowest BCUT2D eigenvalue weighted by atomic mass is 10.1. The molecule has 1 atom stereocenters. The Morgan fingerprint density at radius 2 is 1.80 bits per heavy atom. The van der Waals surface area contributed by atoms with Crippen LogP contribution in [-0.4, -0.2) is 9.55 Å². The third-order valence-electron chi connectivity index (χ3n) is 3.53. The molecule has 0 radical (unpaired) electrons. The van der Waals surface area contributed by atoms with Crippen LogP contribution in [0, 0.1) is 0 Å². The first-order valence-electron chi connectivity index (χ1n) is 6.48. The van der Waals surface area contributed by atoms with Crippen molar-refractivity contribution in [1.82, 2.24) is 9.55 Å². The van der Waals surface area contributed by atoms with Crippen molar-refractivity contribution in [3.8, 4) is 0 Å². The smallest absolute Gasteiger partial charge is 0.125 e. The van der Waals surface area contributed by atoms with Crippen LogP contribution in [0.3, 0.4) is 0 Å². The van der Waals surface area contributed by atoms with Gasteiger partial charge in [0.15, 0.2) is 0 Å². The van der Waals surface area contributed by atoms with Gasteiger partial charge in [-0.15, -0.1) is 11.6 Å². The van der Waals surface area contributed by atoms with E-state index in [0.29, 0.717) is 5.88 Å². The summed E-state index contributed by atoms with van der Waals surface area (Å²) in [6.45, 7) is 2.12. The quantitative estimate of drug-likeness (QED) is 0.620. The van der Waals surface area contributed by atoms with Crippen molar-refractivity contribution < 1.29 is 0 Å². The molecule has 0 saturated carbocycles. The Morgan fingerprint density at radius 3 is 2.55 bits per heavy atom.